The van der Waals surface area contributed by atoms with Gasteiger partial charge in [-0.25, -0.2) is 0 Å². The van der Waals surface area contributed by atoms with Crippen molar-refractivity contribution in [2.75, 3.05) is 0 Å². The van der Waals surface area contributed by atoms with E-state index >= 15 is 0 Å². The molecular weight excluding hydrogens is 420 g/mol. The fraction of sp³-hybridized carbons (Fsp3) is 0.400. The average molecular weight is 453 g/mol. The number of benzene rings is 3. The molecule has 0 fully saturated rings. The van der Waals surface area contributed by atoms with Crippen LogP contribution in [0.4, 0.5) is 0 Å². The Kier molecular flexibility index (Phi) is 5.98. The van der Waals surface area contributed by atoms with E-state index < -0.39 is 0 Å². The summed E-state index contributed by atoms with van der Waals surface area (Å²) in [5, 5.41) is 0. The van der Waals surface area contributed by atoms with Crippen molar-refractivity contribution in [3.8, 4) is 0 Å². The molecule has 8 bridgehead atoms. The molecule has 3 aromatic carbocycles. The van der Waals surface area contributed by atoms with E-state index in [0.717, 1.165) is 36.7 Å². The SMILES string of the molecule is c1cc2ccc1CCCc1cc3c(cc1CCCc1ccc(c4nsnc14)CCC3)CCC2. The maximum atomic E-state index is 4.67. The molecule has 8 aliphatic rings. The summed E-state index contributed by atoms with van der Waals surface area (Å²) >= 11 is 1.37. The maximum Gasteiger partial charge on any atom is 0.108 e. The number of hydrogen-bond donors (Lipinski definition) is 0. The molecule has 3 heteroatoms. The Balaban J connectivity index is 1.35. The lowest BCUT2D eigenvalue weighted by molar-refractivity contribution is 0.748. The van der Waals surface area contributed by atoms with Crippen LogP contribution in [0.3, 0.4) is 0 Å². The number of hydrogen-bond acceptors (Lipinski definition) is 3. The van der Waals surface area contributed by atoms with Crippen LogP contribution in [0.1, 0.15) is 70.2 Å². The van der Waals surface area contributed by atoms with Gasteiger partial charge in [0.25, 0.3) is 0 Å². The van der Waals surface area contributed by atoms with Crippen molar-refractivity contribution in [2.24, 2.45) is 0 Å². The number of aryl methyl sites for hydroxylation is 8. The highest BCUT2D eigenvalue weighted by Crippen LogP contribution is 2.29. The van der Waals surface area contributed by atoms with Crippen LogP contribution in [0, 0.1) is 0 Å². The summed E-state index contributed by atoms with van der Waals surface area (Å²) in [5.41, 5.74) is 14.4. The second-order valence-electron chi connectivity index (χ2n) is 9.97. The summed E-state index contributed by atoms with van der Waals surface area (Å²) in [6.45, 7) is 0. The molecule has 33 heavy (non-hydrogen) atoms. The van der Waals surface area contributed by atoms with Crippen molar-refractivity contribution in [1.82, 2.24) is 8.75 Å². The van der Waals surface area contributed by atoms with Gasteiger partial charge in [0.1, 0.15) is 11.0 Å². The molecule has 2 nitrogen and oxygen atoms in total. The van der Waals surface area contributed by atoms with E-state index in [9.17, 15) is 0 Å². The summed E-state index contributed by atoms with van der Waals surface area (Å²) in [6.07, 6.45) is 14.1. The summed E-state index contributed by atoms with van der Waals surface area (Å²) in [5.74, 6) is 0. The number of rotatable bonds is 0. The molecule has 168 valence electrons. The van der Waals surface area contributed by atoms with E-state index in [2.05, 4.69) is 57.3 Å². The predicted molar refractivity (Wildman–Crippen MR) is 138 cm³/mol. The molecule has 0 aliphatic heterocycles. The third-order valence-corrected chi connectivity index (χ3v) is 8.26. The highest BCUT2D eigenvalue weighted by molar-refractivity contribution is 7.00. The standard InChI is InChI=1S/C30H32N2S/c1-5-21-13-15-22(16-14-21)6-2-10-26-20-27-11-3-7-23-17-18-24(30-29(23)31-33-32-30)8-4-12-28(26)19-25(27)9-1/h13-20H,1-12H2. The molecule has 1 heterocycles. The second-order valence-corrected chi connectivity index (χ2v) is 10.5. The van der Waals surface area contributed by atoms with Gasteiger partial charge >= 0.3 is 0 Å². The van der Waals surface area contributed by atoms with Crippen LogP contribution in [0.2, 0.25) is 0 Å². The van der Waals surface area contributed by atoms with Crippen LogP contribution in [0.25, 0.3) is 11.0 Å². The van der Waals surface area contributed by atoms with Crippen molar-refractivity contribution in [3.63, 3.8) is 0 Å². The van der Waals surface area contributed by atoms with E-state index in [0.29, 0.717) is 0 Å². The van der Waals surface area contributed by atoms with Crippen molar-refractivity contribution in [1.29, 1.82) is 0 Å². The van der Waals surface area contributed by atoms with Crippen LogP contribution in [0.5, 0.6) is 0 Å². The summed E-state index contributed by atoms with van der Waals surface area (Å²) in [6, 6.07) is 19.3. The summed E-state index contributed by atoms with van der Waals surface area (Å²) in [4.78, 5) is 0. The van der Waals surface area contributed by atoms with Gasteiger partial charge in [0, 0.05) is 0 Å². The van der Waals surface area contributed by atoms with Gasteiger partial charge in [0.15, 0.2) is 0 Å². The van der Waals surface area contributed by atoms with Gasteiger partial charge in [0.2, 0.25) is 0 Å². The van der Waals surface area contributed by atoms with E-state index in [1.54, 1.807) is 22.3 Å². The smallest absolute Gasteiger partial charge is 0.108 e. The molecule has 0 radical (unpaired) electrons. The molecule has 0 amide bonds. The Labute approximate surface area is 201 Å². The average Bonchev–Trinajstić information content (AvgIpc) is 3.33. The van der Waals surface area contributed by atoms with Crippen LogP contribution in [-0.2, 0) is 51.4 Å². The minimum Gasteiger partial charge on any atom is -0.173 e. The monoisotopic (exact) mass is 452 g/mol. The van der Waals surface area contributed by atoms with E-state index in [-0.39, 0.29) is 0 Å². The topological polar surface area (TPSA) is 25.8 Å². The van der Waals surface area contributed by atoms with E-state index in [1.807, 2.05) is 0 Å². The lowest BCUT2D eigenvalue weighted by Gasteiger charge is -2.19. The highest BCUT2D eigenvalue weighted by Gasteiger charge is 2.15. The van der Waals surface area contributed by atoms with Gasteiger partial charge in [0.05, 0.1) is 11.7 Å². The zero-order chi connectivity index (χ0) is 22.0. The zero-order valence-electron chi connectivity index (χ0n) is 19.4. The minimum atomic E-state index is 1.09. The predicted octanol–water partition coefficient (Wildman–Crippen LogP) is 7.02. The molecule has 0 spiro atoms. The van der Waals surface area contributed by atoms with E-state index in [1.165, 1.54) is 85.3 Å². The quantitative estimate of drug-likeness (QED) is 0.286. The van der Waals surface area contributed by atoms with Gasteiger partial charge in [-0.05, 0) is 122 Å². The zero-order valence-corrected chi connectivity index (χ0v) is 20.2. The van der Waals surface area contributed by atoms with Gasteiger partial charge in [-0.1, -0.05) is 48.5 Å². The first kappa shape index (κ1) is 21.0. The lowest BCUT2D eigenvalue weighted by atomic mass is 9.86. The molecule has 1 aromatic heterocycles. The third kappa shape index (κ3) is 4.48. The van der Waals surface area contributed by atoms with Crippen molar-refractivity contribution < 1.29 is 0 Å². The molecule has 0 N–H and O–H groups in total. The molecule has 0 unspecified atom stereocenters. The van der Waals surface area contributed by atoms with Gasteiger partial charge in [-0.2, -0.15) is 8.75 Å². The maximum absolute atomic E-state index is 4.67. The van der Waals surface area contributed by atoms with Crippen LogP contribution in [0.15, 0.2) is 48.5 Å². The van der Waals surface area contributed by atoms with Gasteiger partial charge in [-0.15, -0.1) is 0 Å². The molecule has 8 aliphatic carbocycles. The Morgan fingerprint density at radius 1 is 0.424 bits per heavy atom. The largest absolute Gasteiger partial charge is 0.173 e. The normalized spacial score (nSPS) is 16.8. The van der Waals surface area contributed by atoms with Crippen LogP contribution in [-0.4, -0.2) is 8.75 Å². The molecule has 4 aromatic rings. The highest BCUT2D eigenvalue weighted by atomic mass is 32.1. The fourth-order valence-corrected chi connectivity index (χ4v) is 6.48. The molecular formula is C30H32N2S. The Morgan fingerprint density at radius 3 is 1.21 bits per heavy atom. The Hall–Kier alpha value is -2.52. The first-order valence-corrected chi connectivity index (χ1v) is 13.5. The molecule has 0 atom stereocenters. The Morgan fingerprint density at radius 2 is 0.788 bits per heavy atom. The lowest BCUT2D eigenvalue weighted by Crippen LogP contribution is -2.06. The number of nitrogens with zero attached hydrogens (tertiary/aromatic N) is 2. The molecule has 0 saturated carbocycles. The second kappa shape index (κ2) is 9.38. The van der Waals surface area contributed by atoms with E-state index in [4.69, 9.17) is 0 Å². The summed E-state index contributed by atoms with van der Waals surface area (Å²) in [7, 11) is 0. The third-order valence-electron chi connectivity index (χ3n) is 7.73. The Bertz CT molecular complexity index is 1170. The molecule has 0 saturated heterocycles. The first-order chi connectivity index (χ1) is 16.3. The molecule has 12 rings (SSSR count). The minimum absolute atomic E-state index is 1.09. The first-order valence-electron chi connectivity index (χ1n) is 12.8. The van der Waals surface area contributed by atoms with Crippen molar-refractivity contribution in [2.45, 2.75) is 77.0 Å². The fourth-order valence-electron chi connectivity index (χ4n) is 5.87. The van der Waals surface area contributed by atoms with Gasteiger partial charge in [-0.3, -0.25) is 0 Å². The van der Waals surface area contributed by atoms with Crippen molar-refractivity contribution in [3.05, 3.63) is 93.0 Å². The summed E-state index contributed by atoms with van der Waals surface area (Å²) < 4.78 is 9.34. The van der Waals surface area contributed by atoms with Gasteiger partial charge < -0.3 is 0 Å². The van der Waals surface area contributed by atoms with Crippen molar-refractivity contribution >= 4 is 22.8 Å². The van der Waals surface area contributed by atoms with Crippen LogP contribution >= 0.6 is 11.7 Å². The van der Waals surface area contributed by atoms with Crippen LogP contribution < -0.4 is 0 Å². The number of aromatic nitrogens is 2.